The van der Waals surface area contributed by atoms with Crippen molar-refractivity contribution in [3.63, 3.8) is 0 Å². The minimum absolute atomic E-state index is 0.233. The molecule has 1 amide bonds. The van der Waals surface area contributed by atoms with E-state index >= 15 is 0 Å². The van der Waals surface area contributed by atoms with Crippen LogP contribution in [0.15, 0.2) is 0 Å². The molecule has 4 nitrogen and oxygen atoms in total. The number of likely N-dealkylation sites (tertiary alicyclic amines) is 1. The van der Waals surface area contributed by atoms with E-state index in [0.29, 0.717) is 6.04 Å². The standard InChI is InChI=1S/C12H23N3O.C3H8/c1-11(16)14-5-3-12(4-6-14)15-9-7-13(2)8-10-15;1-3-2/h12H,3-10H2,1-2H3;3H2,1-2H3. The predicted octanol–water partition coefficient (Wildman–Crippen LogP) is 1.66. The first-order chi connectivity index (χ1) is 9.08. The Morgan fingerprint density at radius 3 is 1.89 bits per heavy atom. The highest BCUT2D eigenvalue weighted by Gasteiger charge is 2.27. The Hall–Kier alpha value is -0.610. The van der Waals surface area contributed by atoms with Gasteiger partial charge in [-0.2, -0.15) is 0 Å². The maximum atomic E-state index is 11.2. The fourth-order valence-electron chi connectivity index (χ4n) is 2.73. The zero-order chi connectivity index (χ0) is 14.3. The first-order valence-electron chi connectivity index (χ1n) is 7.76. The largest absolute Gasteiger partial charge is 0.343 e. The fourth-order valence-corrected chi connectivity index (χ4v) is 2.73. The molecule has 112 valence electrons. The fraction of sp³-hybridized carbons (Fsp3) is 0.933. The van der Waals surface area contributed by atoms with Crippen molar-refractivity contribution in [2.75, 3.05) is 46.3 Å². The quantitative estimate of drug-likeness (QED) is 0.724. The van der Waals surface area contributed by atoms with Gasteiger partial charge < -0.3 is 9.80 Å². The maximum Gasteiger partial charge on any atom is 0.219 e. The summed E-state index contributed by atoms with van der Waals surface area (Å²) in [7, 11) is 2.19. The Kier molecular flexibility index (Phi) is 7.39. The molecule has 19 heavy (non-hydrogen) atoms. The number of amides is 1. The number of nitrogens with zero attached hydrogens (tertiary/aromatic N) is 3. The van der Waals surface area contributed by atoms with Gasteiger partial charge in [0.05, 0.1) is 0 Å². The summed E-state index contributed by atoms with van der Waals surface area (Å²) in [5, 5.41) is 0. The zero-order valence-electron chi connectivity index (χ0n) is 13.2. The first-order valence-corrected chi connectivity index (χ1v) is 7.76. The lowest BCUT2D eigenvalue weighted by Crippen LogP contribution is -2.52. The van der Waals surface area contributed by atoms with Crippen molar-refractivity contribution in [1.29, 1.82) is 0 Å². The monoisotopic (exact) mass is 269 g/mol. The molecule has 2 fully saturated rings. The molecular formula is C15H31N3O. The third kappa shape index (κ3) is 5.49. The van der Waals surface area contributed by atoms with Crippen LogP contribution in [-0.2, 0) is 4.79 Å². The van der Waals surface area contributed by atoms with Gasteiger partial charge >= 0.3 is 0 Å². The van der Waals surface area contributed by atoms with Gasteiger partial charge in [-0.25, -0.2) is 0 Å². The summed E-state index contributed by atoms with van der Waals surface area (Å²) >= 11 is 0. The third-order valence-corrected chi connectivity index (χ3v) is 3.96. The van der Waals surface area contributed by atoms with Crippen LogP contribution in [0.2, 0.25) is 0 Å². The van der Waals surface area contributed by atoms with E-state index in [1.807, 2.05) is 4.90 Å². The number of carbonyl (C=O) groups is 1. The van der Waals surface area contributed by atoms with Crippen molar-refractivity contribution in [2.24, 2.45) is 0 Å². The molecule has 0 aliphatic carbocycles. The van der Waals surface area contributed by atoms with E-state index in [4.69, 9.17) is 0 Å². The molecule has 0 unspecified atom stereocenters. The van der Waals surface area contributed by atoms with Crippen LogP contribution < -0.4 is 0 Å². The molecule has 0 atom stereocenters. The minimum atomic E-state index is 0.233. The van der Waals surface area contributed by atoms with Crippen LogP contribution in [0, 0.1) is 0 Å². The molecule has 2 aliphatic heterocycles. The summed E-state index contributed by atoms with van der Waals surface area (Å²) in [6.07, 6.45) is 3.56. The van der Waals surface area contributed by atoms with Gasteiger partial charge in [0.1, 0.15) is 0 Å². The second kappa shape index (κ2) is 8.54. The minimum Gasteiger partial charge on any atom is -0.343 e. The highest BCUT2D eigenvalue weighted by Crippen LogP contribution is 2.17. The lowest BCUT2D eigenvalue weighted by Gasteiger charge is -2.41. The number of piperazine rings is 1. The van der Waals surface area contributed by atoms with Gasteiger partial charge in [0.2, 0.25) is 5.91 Å². The average Bonchev–Trinajstić information content (AvgIpc) is 2.41. The predicted molar refractivity (Wildman–Crippen MR) is 80.3 cm³/mol. The van der Waals surface area contributed by atoms with Crippen LogP contribution in [0.25, 0.3) is 0 Å². The average molecular weight is 269 g/mol. The molecule has 2 heterocycles. The summed E-state index contributed by atoms with van der Waals surface area (Å²) < 4.78 is 0. The molecule has 2 aliphatic rings. The number of carbonyl (C=O) groups excluding carboxylic acids is 1. The van der Waals surface area contributed by atoms with Gasteiger partial charge in [0.15, 0.2) is 0 Å². The van der Waals surface area contributed by atoms with Gasteiger partial charge in [-0.15, -0.1) is 0 Å². The SMILES string of the molecule is CC(=O)N1CCC(N2CCN(C)CC2)CC1.CCC. The normalized spacial score (nSPS) is 22.8. The third-order valence-electron chi connectivity index (χ3n) is 3.96. The molecule has 0 bridgehead atoms. The lowest BCUT2D eigenvalue weighted by atomic mass is 10.0. The number of likely N-dealkylation sites (N-methyl/N-ethyl adjacent to an activating group) is 1. The first kappa shape index (κ1) is 16.4. The Balaban J connectivity index is 0.000000550. The second-order valence-electron chi connectivity index (χ2n) is 5.78. The van der Waals surface area contributed by atoms with Crippen molar-refractivity contribution >= 4 is 5.91 Å². The Labute approximate surface area is 118 Å². The molecule has 0 spiro atoms. The molecule has 0 radical (unpaired) electrons. The van der Waals surface area contributed by atoms with Crippen LogP contribution >= 0.6 is 0 Å². The summed E-state index contributed by atoms with van der Waals surface area (Å²) in [6, 6.07) is 0.712. The van der Waals surface area contributed by atoms with Crippen LogP contribution in [0.4, 0.5) is 0 Å². The Morgan fingerprint density at radius 1 is 1.00 bits per heavy atom. The molecule has 0 aromatic heterocycles. The van der Waals surface area contributed by atoms with Gasteiger partial charge in [-0.3, -0.25) is 9.69 Å². The molecular weight excluding hydrogens is 238 g/mol. The summed E-state index contributed by atoms with van der Waals surface area (Å²) in [6.45, 7) is 12.6. The number of rotatable bonds is 1. The molecule has 2 rings (SSSR count). The number of hydrogen-bond acceptors (Lipinski definition) is 3. The van der Waals surface area contributed by atoms with E-state index in [-0.39, 0.29) is 5.91 Å². The Morgan fingerprint density at radius 2 is 1.47 bits per heavy atom. The molecule has 0 aromatic carbocycles. The maximum absolute atomic E-state index is 11.2. The van der Waals surface area contributed by atoms with Crippen LogP contribution in [-0.4, -0.2) is 73.0 Å². The summed E-state index contributed by atoms with van der Waals surface area (Å²) in [4.78, 5) is 18.2. The molecule has 0 aromatic rings. The van der Waals surface area contributed by atoms with E-state index < -0.39 is 0 Å². The highest BCUT2D eigenvalue weighted by atomic mass is 16.2. The summed E-state index contributed by atoms with van der Waals surface area (Å²) in [5.41, 5.74) is 0. The molecule has 4 heteroatoms. The van der Waals surface area contributed by atoms with Crippen molar-refractivity contribution in [1.82, 2.24) is 14.7 Å². The zero-order valence-corrected chi connectivity index (χ0v) is 13.2. The van der Waals surface area contributed by atoms with Crippen molar-refractivity contribution in [2.45, 2.75) is 46.1 Å². The Bertz CT molecular complexity index is 254. The number of hydrogen-bond donors (Lipinski definition) is 0. The van der Waals surface area contributed by atoms with E-state index in [0.717, 1.165) is 25.9 Å². The van der Waals surface area contributed by atoms with Crippen molar-refractivity contribution < 1.29 is 4.79 Å². The van der Waals surface area contributed by atoms with E-state index in [1.54, 1.807) is 6.92 Å². The summed E-state index contributed by atoms with van der Waals surface area (Å²) in [5.74, 6) is 0.233. The van der Waals surface area contributed by atoms with Crippen LogP contribution in [0.3, 0.4) is 0 Å². The molecule has 0 saturated carbocycles. The smallest absolute Gasteiger partial charge is 0.219 e. The topological polar surface area (TPSA) is 26.8 Å². The molecule has 2 saturated heterocycles. The number of piperidine rings is 1. The second-order valence-corrected chi connectivity index (χ2v) is 5.78. The van der Waals surface area contributed by atoms with Crippen LogP contribution in [0.5, 0.6) is 0 Å². The van der Waals surface area contributed by atoms with Gasteiger partial charge in [0.25, 0.3) is 0 Å². The van der Waals surface area contributed by atoms with E-state index in [9.17, 15) is 4.79 Å². The molecule has 0 N–H and O–H groups in total. The van der Waals surface area contributed by atoms with Crippen molar-refractivity contribution in [3.8, 4) is 0 Å². The van der Waals surface area contributed by atoms with Gasteiger partial charge in [-0.1, -0.05) is 20.3 Å². The van der Waals surface area contributed by atoms with Gasteiger partial charge in [-0.05, 0) is 19.9 Å². The van der Waals surface area contributed by atoms with E-state index in [1.165, 1.54) is 32.6 Å². The van der Waals surface area contributed by atoms with Gasteiger partial charge in [0, 0.05) is 52.2 Å². The van der Waals surface area contributed by atoms with Crippen molar-refractivity contribution in [3.05, 3.63) is 0 Å². The highest BCUT2D eigenvalue weighted by molar-refractivity contribution is 5.73. The van der Waals surface area contributed by atoms with Crippen LogP contribution in [0.1, 0.15) is 40.0 Å². The lowest BCUT2D eigenvalue weighted by molar-refractivity contribution is -0.130. The van der Waals surface area contributed by atoms with E-state index in [2.05, 4.69) is 30.7 Å².